The van der Waals surface area contributed by atoms with E-state index < -0.39 is 23.8 Å². The van der Waals surface area contributed by atoms with Crippen LogP contribution in [0.1, 0.15) is 33.1 Å². The Hall–Kier alpha value is -1.92. The fourth-order valence-electron chi connectivity index (χ4n) is 1.92. The molecule has 0 aromatic carbocycles. The molecule has 1 heterocycles. The summed E-state index contributed by atoms with van der Waals surface area (Å²) in [6, 6.07) is -0.646. The Labute approximate surface area is 111 Å². The van der Waals surface area contributed by atoms with Crippen LogP contribution in [0.15, 0.2) is 0 Å². The Kier molecular flexibility index (Phi) is 5.47. The van der Waals surface area contributed by atoms with Gasteiger partial charge in [0.05, 0.1) is 13.0 Å². The summed E-state index contributed by atoms with van der Waals surface area (Å²) >= 11 is 0. The van der Waals surface area contributed by atoms with E-state index in [-0.39, 0.29) is 31.9 Å². The third-order valence-corrected chi connectivity index (χ3v) is 2.81. The van der Waals surface area contributed by atoms with Crippen LogP contribution in [-0.4, -0.2) is 47.8 Å². The van der Waals surface area contributed by atoms with E-state index in [1.165, 1.54) is 4.90 Å². The first kappa shape index (κ1) is 15.1. The second kappa shape index (κ2) is 6.86. The van der Waals surface area contributed by atoms with E-state index in [2.05, 4.69) is 5.32 Å². The van der Waals surface area contributed by atoms with Crippen LogP contribution in [0.3, 0.4) is 0 Å². The second-order valence-corrected chi connectivity index (χ2v) is 4.16. The third kappa shape index (κ3) is 4.04. The first-order valence-electron chi connectivity index (χ1n) is 6.28. The zero-order chi connectivity index (χ0) is 14.4. The molecular formula is C12H18N2O5. The zero-order valence-electron chi connectivity index (χ0n) is 11.1. The van der Waals surface area contributed by atoms with Gasteiger partial charge >= 0.3 is 5.97 Å². The van der Waals surface area contributed by atoms with E-state index >= 15 is 0 Å². The summed E-state index contributed by atoms with van der Waals surface area (Å²) < 4.78 is 4.72. The Bertz CT molecular complexity index is 394. The summed E-state index contributed by atoms with van der Waals surface area (Å²) in [7, 11) is 0. The van der Waals surface area contributed by atoms with E-state index in [9.17, 15) is 19.2 Å². The molecule has 0 saturated carbocycles. The number of rotatable bonds is 5. The predicted molar refractivity (Wildman–Crippen MR) is 64.8 cm³/mol. The molecule has 1 atom stereocenters. The number of carbonyl (C=O) groups is 4. The lowest BCUT2D eigenvalue weighted by atomic mass is 10.1. The highest BCUT2D eigenvalue weighted by Crippen LogP contribution is 2.12. The van der Waals surface area contributed by atoms with Crippen LogP contribution in [0.2, 0.25) is 0 Å². The lowest BCUT2D eigenvalue weighted by molar-refractivity contribution is -0.151. The van der Waals surface area contributed by atoms with Crippen molar-refractivity contribution in [1.82, 2.24) is 10.2 Å². The van der Waals surface area contributed by atoms with E-state index in [4.69, 9.17) is 4.74 Å². The third-order valence-electron chi connectivity index (χ3n) is 2.81. The first-order valence-corrected chi connectivity index (χ1v) is 6.28. The molecule has 1 fully saturated rings. The van der Waals surface area contributed by atoms with Gasteiger partial charge in [-0.1, -0.05) is 6.92 Å². The number of imide groups is 1. The molecule has 0 spiro atoms. The molecule has 0 radical (unpaired) electrons. The Morgan fingerprint density at radius 1 is 1.32 bits per heavy atom. The van der Waals surface area contributed by atoms with Crippen molar-refractivity contribution in [3.63, 3.8) is 0 Å². The van der Waals surface area contributed by atoms with E-state index in [1.54, 1.807) is 13.8 Å². The molecule has 7 nitrogen and oxygen atoms in total. The minimum absolute atomic E-state index is 0.0462. The minimum Gasteiger partial charge on any atom is -0.466 e. The van der Waals surface area contributed by atoms with Crippen LogP contribution < -0.4 is 5.32 Å². The van der Waals surface area contributed by atoms with Crippen molar-refractivity contribution in [3.05, 3.63) is 0 Å². The van der Waals surface area contributed by atoms with Crippen LogP contribution in [0, 0.1) is 0 Å². The van der Waals surface area contributed by atoms with Crippen molar-refractivity contribution in [2.45, 2.75) is 39.2 Å². The van der Waals surface area contributed by atoms with Gasteiger partial charge in [-0.15, -0.1) is 0 Å². The summed E-state index contributed by atoms with van der Waals surface area (Å²) in [6.45, 7) is 3.55. The summed E-state index contributed by atoms with van der Waals surface area (Å²) in [5, 5.41) is 2.19. The summed E-state index contributed by atoms with van der Waals surface area (Å²) in [4.78, 5) is 47.2. The van der Waals surface area contributed by atoms with Crippen LogP contribution >= 0.6 is 0 Å². The molecular weight excluding hydrogens is 252 g/mol. The first-order chi connectivity index (χ1) is 8.99. The topological polar surface area (TPSA) is 92.8 Å². The second-order valence-electron chi connectivity index (χ2n) is 4.16. The van der Waals surface area contributed by atoms with Crippen molar-refractivity contribution in [2.75, 3.05) is 13.2 Å². The molecule has 19 heavy (non-hydrogen) atoms. The maximum absolute atomic E-state index is 12.0. The van der Waals surface area contributed by atoms with E-state index in [1.807, 2.05) is 0 Å². The SMILES string of the molecule is CCOC(=O)CCC(=O)N1CC(=O)NC(=O)C1CC. The van der Waals surface area contributed by atoms with Gasteiger partial charge in [0.25, 0.3) is 0 Å². The van der Waals surface area contributed by atoms with Crippen molar-refractivity contribution in [1.29, 1.82) is 0 Å². The van der Waals surface area contributed by atoms with E-state index in [0.717, 1.165) is 0 Å². The molecule has 7 heteroatoms. The molecule has 0 aliphatic carbocycles. The molecule has 0 aromatic heterocycles. The number of amides is 3. The average molecular weight is 270 g/mol. The van der Waals surface area contributed by atoms with Gasteiger partial charge in [-0.25, -0.2) is 0 Å². The standard InChI is InChI=1S/C12H18N2O5/c1-3-8-12(18)13-9(15)7-14(8)10(16)5-6-11(17)19-4-2/h8H,3-7H2,1-2H3,(H,13,15,18). The molecule has 3 amide bonds. The van der Waals surface area contributed by atoms with Crippen molar-refractivity contribution in [3.8, 4) is 0 Å². The van der Waals surface area contributed by atoms with Gasteiger partial charge in [0.1, 0.15) is 12.6 Å². The number of esters is 1. The number of ether oxygens (including phenoxy) is 1. The average Bonchev–Trinajstić information content (AvgIpc) is 2.35. The number of nitrogens with one attached hydrogen (secondary N) is 1. The fourth-order valence-corrected chi connectivity index (χ4v) is 1.92. The highest BCUT2D eigenvalue weighted by molar-refractivity contribution is 6.04. The number of piperazine rings is 1. The Balaban J connectivity index is 2.60. The minimum atomic E-state index is -0.646. The summed E-state index contributed by atoms with van der Waals surface area (Å²) in [6.07, 6.45) is 0.315. The maximum Gasteiger partial charge on any atom is 0.306 e. The molecule has 1 N–H and O–H groups in total. The van der Waals surface area contributed by atoms with Gasteiger partial charge in [0.15, 0.2) is 0 Å². The van der Waals surface area contributed by atoms with Gasteiger partial charge < -0.3 is 9.64 Å². The van der Waals surface area contributed by atoms with Gasteiger partial charge in [0, 0.05) is 6.42 Å². The van der Waals surface area contributed by atoms with E-state index in [0.29, 0.717) is 6.42 Å². The largest absolute Gasteiger partial charge is 0.466 e. The molecule has 1 saturated heterocycles. The molecule has 1 unspecified atom stereocenters. The molecule has 1 rings (SSSR count). The number of nitrogens with zero attached hydrogens (tertiary/aromatic N) is 1. The van der Waals surface area contributed by atoms with Crippen LogP contribution in [0.5, 0.6) is 0 Å². The summed E-state index contributed by atoms with van der Waals surface area (Å²) in [5.74, 6) is -1.82. The highest BCUT2D eigenvalue weighted by Gasteiger charge is 2.35. The predicted octanol–water partition coefficient (Wildman–Crippen LogP) is -0.407. The molecule has 106 valence electrons. The smallest absolute Gasteiger partial charge is 0.306 e. The zero-order valence-corrected chi connectivity index (χ0v) is 11.1. The lowest BCUT2D eigenvalue weighted by Crippen LogP contribution is -2.59. The molecule has 1 aliphatic heterocycles. The van der Waals surface area contributed by atoms with Gasteiger partial charge in [-0.05, 0) is 13.3 Å². The monoisotopic (exact) mass is 270 g/mol. The number of carbonyl (C=O) groups excluding carboxylic acids is 4. The molecule has 0 aromatic rings. The normalized spacial score (nSPS) is 19.1. The van der Waals surface area contributed by atoms with Gasteiger partial charge in [-0.2, -0.15) is 0 Å². The number of hydrogen-bond acceptors (Lipinski definition) is 5. The maximum atomic E-state index is 12.0. The highest BCUT2D eigenvalue weighted by atomic mass is 16.5. The van der Waals surface area contributed by atoms with Crippen molar-refractivity contribution >= 4 is 23.7 Å². The Morgan fingerprint density at radius 3 is 2.58 bits per heavy atom. The number of hydrogen-bond donors (Lipinski definition) is 1. The lowest BCUT2D eigenvalue weighted by Gasteiger charge is -2.33. The van der Waals surface area contributed by atoms with Crippen LogP contribution in [-0.2, 0) is 23.9 Å². The van der Waals surface area contributed by atoms with Crippen LogP contribution in [0.25, 0.3) is 0 Å². The van der Waals surface area contributed by atoms with Gasteiger partial charge in [-0.3, -0.25) is 24.5 Å². The van der Waals surface area contributed by atoms with Crippen molar-refractivity contribution in [2.24, 2.45) is 0 Å². The fraction of sp³-hybridized carbons (Fsp3) is 0.667. The van der Waals surface area contributed by atoms with Crippen molar-refractivity contribution < 1.29 is 23.9 Å². The van der Waals surface area contributed by atoms with Gasteiger partial charge in [0.2, 0.25) is 17.7 Å². The summed E-state index contributed by atoms with van der Waals surface area (Å²) in [5.41, 5.74) is 0. The Morgan fingerprint density at radius 2 is 2.00 bits per heavy atom. The van der Waals surface area contributed by atoms with Crippen LogP contribution in [0.4, 0.5) is 0 Å². The quantitative estimate of drug-likeness (QED) is 0.541. The molecule has 1 aliphatic rings. The molecule has 0 bridgehead atoms.